The Morgan fingerprint density at radius 2 is 1.96 bits per heavy atom. The molecule has 0 radical (unpaired) electrons. The number of hydrogen-bond acceptors (Lipinski definition) is 4. The van der Waals surface area contributed by atoms with Crippen molar-refractivity contribution in [3.8, 4) is 0 Å². The predicted octanol–water partition coefficient (Wildman–Crippen LogP) is 3.18. The lowest BCUT2D eigenvalue weighted by Gasteiger charge is -2.21. The number of aromatic nitrogens is 1. The second-order valence-corrected chi connectivity index (χ2v) is 7.20. The highest BCUT2D eigenvalue weighted by atomic mass is 16.5. The third-order valence-electron chi connectivity index (χ3n) is 4.86. The molecule has 4 nitrogen and oxygen atoms in total. The molecule has 0 saturated carbocycles. The van der Waals surface area contributed by atoms with Crippen LogP contribution < -0.4 is 0 Å². The number of nitrogens with zero attached hydrogens (tertiary/aromatic N) is 3. The summed E-state index contributed by atoms with van der Waals surface area (Å²) >= 11 is 0. The first kappa shape index (κ1) is 18.1. The lowest BCUT2D eigenvalue weighted by molar-refractivity contribution is 0.185. The van der Waals surface area contributed by atoms with Crippen molar-refractivity contribution in [3.05, 3.63) is 65.5 Å². The van der Waals surface area contributed by atoms with E-state index in [0.717, 1.165) is 25.6 Å². The summed E-state index contributed by atoms with van der Waals surface area (Å²) < 4.78 is 5.18. The van der Waals surface area contributed by atoms with Gasteiger partial charge in [0.2, 0.25) is 0 Å². The van der Waals surface area contributed by atoms with E-state index >= 15 is 0 Å². The number of ether oxygens (including phenoxy) is 1. The molecule has 0 aliphatic carbocycles. The second-order valence-electron chi connectivity index (χ2n) is 7.20. The van der Waals surface area contributed by atoms with Crippen LogP contribution in [0.3, 0.4) is 0 Å². The van der Waals surface area contributed by atoms with Gasteiger partial charge in [-0.25, -0.2) is 0 Å². The molecular formula is C21H29N3O. The summed E-state index contributed by atoms with van der Waals surface area (Å²) in [7, 11) is 3.95. The summed E-state index contributed by atoms with van der Waals surface area (Å²) in [5, 5.41) is 0. The number of likely N-dealkylation sites (tertiary alicyclic amines) is 1. The molecule has 4 heteroatoms. The molecule has 1 aromatic carbocycles. The van der Waals surface area contributed by atoms with Crippen molar-refractivity contribution in [1.82, 2.24) is 14.8 Å². The molecule has 134 valence electrons. The number of benzene rings is 1. The molecule has 1 atom stereocenters. The number of hydrogen-bond donors (Lipinski definition) is 0. The zero-order valence-corrected chi connectivity index (χ0v) is 15.4. The van der Waals surface area contributed by atoms with E-state index in [1.807, 2.05) is 18.5 Å². The maximum Gasteiger partial charge on any atom is 0.0713 e. The third-order valence-corrected chi connectivity index (χ3v) is 4.86. The minimum absolute atomic E-state index is 0.690. The van der Waals surface area contributed by atoms with Gasteiger partial charge in [-0.15, -0.1) is 0 Å². The van der Waals surface area contributed by atoms with E-state index in [1.54, 1.807) is 7.11 Å². The van der Waals surface area contributed by atoms with Gasteiger partial charge in [-0.2, -0.15) is 0 Å². The standard InChI is InChI=1S/C21H29N3O/c1-23(13-20-4-3-10-22-12-20)14-21-9-11-24(16-21)15-18-5-7-19(8-6-18)17-25-2/h3-8,10,12,21H,9,11,13-17H2,1-2H3/t21-/m0/s1. The van der Waals surface area contributed by atoms with Crippen LogP contribution in [0.25, 0.3) is 0 Å². The van der Waals surface area contributed by atoms with Gasteiger partial charge < -0.3 is 9.64 Å². The summed E-state index contributed by atoms with van der Waals surface area (Å²) in [6, 6.07) is 13.0. The van der Waals surface area contributed by atoms with E-state index in [2.05, 4.69) is 52.2 Å². The molecule has 1 aliphatic rings. The highest BCUT2D eigenvalue weighted by Gasteiger charge is 2.23. The van der Waals surface area contributed by atoms with Gasteiger partial charge in [0.25, 0.3) is 0 Å². The summed E-state index contributed by atoms with van der Waals surface area (Å²) in [4.78, 5) is 9.20. The van der Waals surface area contributed by atoms with Gasteiger partial charge in [-0.1, -0.05) is 30.3 Å². The third kappa shape index (κ3) is 5.63. The maximum atomic E-state index is 5.18. The van der Waals surface area contributed by atoms with Crippen LogP contribution in [0.5, 0.6) is 0 Å². The molecule has 0 bridgehead atoms. The fraction of sp³-hybridized carbons (Fsp3) is 0.476. The Labute approximate surface area is 151 Å². The van der Waals surface area contributed by atoms with Gasteiger partial charge in [0.15, 0.2) is 0 Å². The Balaban J connectivity index is 1.43. The minimum Gasteiger partial charge on any atom is -0.380 e. The van der Waals surface area contributed by atoms with E-state index in [1.165, 1.54) is 36.2 Å². The first-order valence-electron chi connectivity index (χ1n) is 9.09. The molecule has 1 aromatic heterocycles. The van der Waals surface area contributed by atoms with Crippen LogP contribution in [-0.2, 0) is 24.4 Å². The molecule has 1 saturated heterocycles. The molecule has 2 aromatic rings. The van der Waals surface area contributed by atoms with Crippen LogP contribution in [0.2, 0.25) is 0 Å². The van der Waals surface area contributed by atoms with Crippen LogP contribution in [0.4, 0.5) is 0 Å². The van der Waals surface area contributed by atoms with E-state index < -0.39 is 0 Å². The first-order chi connectivity index (χ1) is 12.2. The summed E-state index contributed by atoms with van der Waals surface area (Å²) in [5.74, 6) is 0.759. The molecule has 0 spiro atoms. The van der Waals surface area contributed by atoms with Crippen molar-refractivity contribution in [2.75, 3.05) is 33.8 Å². The van der Waals surface area contributed by atoms with E-state index in [-0.39, 0.29) is 0 Å². The molecular weight excluding hydrogens is 310 g/mol. The molecule has 25 heavy (non-hydrogen) atoms. The first-order valence-corrected chi connectivity index (χ1v) is 9.09. The van der Waals surface area contributed by atoms with Crippen molar-refractivity contribution in [2.24, 2.45) is 5.92 Å². The topological polar surface area (TPSA) is 28.6 Å². The predicted molar refractivity (Wildman–Crippen MR) is 101 cm³/mol. The maximum absolute atomic E-state index is 5.18. The van der Waals surface area contributed by atoms with Gasteiger partial charge in [0.1, 0.15) is 0 Å². The number of methoxy groups -OCH3 is 1. The van der Waals surface area contributed by atoms with Crippen LogP contribution in [0.1, 0.15) is 23.1 Å². The smallest absolute Gasteiger partial charge is 0.0713 e. The van der Waals surface area contributed by atoms with Crippen LogP contribution >= 0.6 is 0 Å². The van der Waals surface area contributed by atoms with Crippen molar-refractivity contribution in [2.45, 2.75) is 26.1 Å². The summed E-state index contributed by atoms with van der Waals surface area (Å²) in [6.07, 6.45) is 5.09. The van der Waals surface area contributed by atoms with Gasteiger partial charge in [0.05, 0.1) is 6.61 Å². The lowest BCUT2D eigenvalue weighted by atomic mass is 10.1. The van der Waals surface area contributed by atoms with Gasteiger partial charge in [-0.3, -0.25) is 9.88 Å². The molecule has 2 heterocycles. The zero-order chi connectivity index (χ0) is 17.5. The Hall–Kier alpha value is -1.75. The Morgan fingerprint density at radius 1 is 1.16 bits per heavy atom. The minimum atomic E-state index is 0.690. The lowest BCUT2D eigenvalue weighted by Crippen LogP contribution is -2.28. The summed E-state index contributed by atoms with van der Waals surface area (Å²) in [6.45, 7) is 6.26. The molecule has 1 fully saturated rings. The number of rotatable bonds is 8. The van der Waals surface area contributed by atoms with Gasteiger partial charge in [0, 0.05) is 45.7 Å². The van der Waals surface area contributed by atoms with Crippen LogP contribution in [0, 0.1) is 5.92 Å². The van der Waals surface area contributed by atoms with E-state index in [0.29, 0.717) is 6.61 Å². The average Bonchev–Trinajstić information content (AvgIpc) is 3.04. The molecule has 0 amide bonds. The molecule has 0 N–H and O–H groups in total. The zero-order valence-electron chi connectivity index (χ0n) is 15.4. The molecule has 3 rings (SSSR count). The number of pyridine rings is 1. The monoisotopic (exact) mass is 339 g/mol. The SMILES string of the molecule is COCc1ccc(CN2CC[C@@H](CN(C)Cc3cccnc3)C2)cc1. The largest absolute Gasteiger partial charge is 0.380 e. The Bertz CT molecular complexity index is 629. The van der Waals surface area contributed by atoms with Crippen LogP contribution in [-0.4, -0.2) is 48.6 Å². The Morgan fingerprint density at radius 3 is 2.68 bits per heavy atom. The van der Waals surface area contributed by atoms with Crippen LogP contribution in [0.15, 0.2) is 48.8 Å². The van der Waals surface area contributed by atoms with Crippen molar-refractivity contribution in [3.63, 3.8) is 0 Å². The van der Waals surface area contributed by atoms with E-state index in [4.69, 9.17) is 4.74 Å². The van der Waals surface area contributed by atoms with Gasteiger partial charge >= 0.3 is 0 Å². The highest BCUT2D eigenvalue weighted by Crippen LogP contribution is 2.20. The molecule has 1 aliphatic heterocycles. The Kier molecular flexibility index (Phi) is 6.56. The van der Waals surface area contributed by atoms with Crippen molar-refractivity contribution in [1.29, 1.82) is 0 Å². The fourth-order valence-corrected chi connectivity index (χ4v) is 3.68. The summed E-state index contributed by atoms with van der Waals surface area (Å²) in [5.41, 5.74) is 3.92. The quantitative estimate of drug-likeness (QED) is 0.738. The van der Waals surface area contributed by atoms with E-state index in [9.17, 15) is 0 Å². The van der Waals surface area contributed by atoms with Crippen molar-refractivity contribution < 1.29 is 4.74 Å². The second kappa shape index (κ2) is 9.09. The van der Waals surface area contributed by atoms with Crippen molar-refractivity contribution >= 4 is 0 Å². The normalized spacial score (nSPS) is 18.1. The average molecular weight is 339 g/mol. The molecule has 0 unspecified atom stereocenters. The highest BCUT2D eigenvalue weighted by molar-refractivity contribution is 5.22. The fourth-order valence-electron chi connectivity index (χ4n) is 3.68. The van der Waals surface area contributed by atoms with Gasteiger partial charge in [-0.05, 0) is 48.7 Å².